The molecule has 0 spiro atoms. The van der Waals surface area contributed by atoms with Crippen LogP contribution in [-0.2, 0) is 5.75 Å². The van der Waals surface area contributed by atoms with Crippen molar-refractivity contribution in [2.24, 2.45) is 4.99 Å². The van der Waals surface area contributed by atoms with E-state index in [1.807, 2.05) is 12.1 Å². The lowest BCUT2D eigenvalue weighted by Gasteiger charge is -1.99. The van der Waals surface area contributed by atoms with E-state index in [4.69, 9.17) is 4.42 Å². The molecule has 94 valence electrons. The molecular formula is C10H14N2O3S2. The molecule has 1 aromatic rings. The van der Waals surface area contributed by atoms with Crippen molar-refractivity contribution in [1.29, 1.82) is 0 Å². The second kappa shape index (κ2) is 8.19. The van der Waals surface area contributed by atoms with Crippen molar-refractivity contribution < 1.29 is 9.34 Å². The summed E-state index contributed by atoms with van der Waals surface area (Å²) in [5.74, 6) is 2.59. The molecule has 0 aliphatic carbocycles. The third kappa shape index (κ3) is 6.38. The predicted molar refractivity (Wildman–Crippen MR) is 72.5 cm³/mol. The van der Waals surface area contributed by atoms with Gasteiger partial charge in [0.15, 0.2) is 0 Å². The van der Waals surface area contributed by atoms with Crippen LogP contribution in [0.15, 0.2) is 27.8 Å². The number of hydrogen-bond acceptors (Lipinski definition) is 6. The number of rotatable bonds is 7. The molecule has 0 fully saturated rings. The van der Waals surface area contributed by atoms with Gasteiger partial charge >= 0.3 is 0 Å². The summed E-state index contributed by atoms with van der Waals surface area (Å²) in [6, 6.07) is 3.79. The Balaban J connectivity index is 2.17. The van der Waals surface area contributed by atoms with Crippen molar-refractivity contribution in [3.05, 3.63) is 34.3 Å². The number of nitro groups is 1. The van der Waals surface area contributed by atoms with Gasteiger partial charge in [-0.15, -0.1) is 11.8 Å². The van der Waals surface area contributed by atoms with Gasteiger partial charge in [0, 0.05) is 17.2 Å². The first-order valence-electron chi connectivity index (χ1n) is 5.01. The van der Waals surface area contributed by atoms with Crippen molar-refractivity contribution in [1.82, 2.24) is 0 Å². The van der Waals surface area contributed by atoms with Crippen LogP contribution in [0.25, 0.3) is 0 Å². The fraction of sp³-hybridized carbons (Fsp3) is 0.500. The van der Waals surface area contributed by atoms with Crippen LogP contribution >= 0.6 is 23.5 Å². The molecule has 0 aliphatic heterocycles. The zero-order valence-electron chi connectivity index (χ0n) is 9.50. The van der Waals surface area contributed by atoms with Crippen LogP contribution < -0.4 is 0 Å². The van der Waals surface area contributed by atoms with Crippen molar-refractivity contribution in [2.45, 2.75) is 5.75 Å². The Kier molecular flexibility index (Phi) is 6.80. The van der Waals surface area contributed by atoms with E-state index in [1.54, 1.807) is 24.3 Å². The Morgan fingerprint density at radius 1 is 1.65 bits per heavy atom. The molecule has 0 atom stereocenters. The van der Waals surface area contributed by atoms with E-state index >= 15 is 0 Å². The summed E-state index contributed by atoms with van der Waals surface area (Å²) in [6.07, 6.45) is 3.45. The zero-order chi connectivity index (χ0) is 12.5. The zero-order valence-corrected chi connectivity index (χ0v) is 11.1. The maximum absolute atomic E-state index is 10.3. The molecule has 0 radical (unpaired) electrons. The molecule has 1 heterocycles. The molecule has 17 heavy (non-hydrogen) atoms. The number of hydrogen-bond donors (Lipinski definition) is 0. The lowest BCUT2D eigenvalue weighted by Crippen LogP contribution is -2.11. The lowest BCUT2D eigenvalue weighted by atomic mass is 10.5. The predicted octanol–water partition coefficient (Wildman–Crippen LogP) is 2.55. The highest BCUT2D eigenvalue weighted by molar-refractivity contribution is 8.13. The molecular weight excluding hydrogens is 260 g/mol. The number of furan rings is 1. The topological polar surface area (TPSA) is 68.6 Å². The number of thioether (sulfide) groups is 2. The highest BCUT2D eigenvalue weighted by Gasteiger charge is 2.04. The van der Waals surface area contributed by atoms with Crippen LogP contribution in [0, 0.1) is 10.1 Å². The molecule has 0 N–H and O–H groups in total. The van der Waals surface area contributed by atoms with Crippen LogP contribution in [-0.4, -0.2) is 35.1 Å². The van der Waals surface area contributed by atoms with E-state index in [2.05, 4.69) is 4.99 Å². The summed E-state index contributed by atoms with van der Waals surface area (Å²) in [5, 5.41) is 10.9. The molecule has 5 nitrogen and oxygen atoms in total. The average Bonchev–Trinajstić information content (AvgIpc) is 2.79. The fourth-order valence-electron chi connectivity index (χ4n) is 1.09. The standard InChI is InChI=1S/C10H14N2O3S2/c1-16-10(7-12(13)14)11-4-6-17-8-9-3-2-5-15-9/h2-3,5H,4,6-8H2,1H3. The Morgan fingerprint density at radius 2 is 2.47 bits per heavy atom. The lowest BCUT2D eigenvalue weighted by molar-refractivity contribution is -0.462. The Bertz CT molecular complexity index is 366. The summed E-state index contributed by atoms with van der Waals surface area (Å²) >= 11 is 3.04. The second-order valence-corrected chi connectivity index (χ2v) is 5.09. The molecule has 0 aliphatic rings. The SMILES string of the molecule is CSC(C[N+](=O)[O-])=NCCSCc1ccco1. The van der Waals surface area contributed by atoms with Gasteiger partial charge in [0.05, 0.1) is 12.0 Å². The van der Waals surface area contributed by atoms with Gasteiger partial charge in [0.2, 0.25) is 0 Å². The summed E-state index contributed by atoms with van der Waals surface area (Å²) in [4.78, 5) is 14.1. The largest absolute Gasteiger partial charge is 0.468 e. The van der Waals surface area contributed by atoms with Crippen LogP contribution in [0.2, 0.25) is 0 Å². The van der Waals surface area contributed by atoms with Crippen molar-refractivity contribution >= 4 is 28.6 Å². The van der Waals surface area contributed by atoms with Gasteiger partial charge in [-0.2, -0.15) is 11.8 Å². The molecule has 7 heteroatoms. The van der Waals surface area contributed by atoms with Gasteiger partial charge in [0.25, 0.3) is 6.54 Å². The van der Waals surface area contributed by atoms with E-state index in [-0.39, 0.29) is 11.5 Å². The minimum Gasteiger partial charge on any atom is -0.468 e. The molecule has 0 saturated carbocycles. The summed E-state index contributed by atoms with van der Waals surface area (Å²) < 4.78 is 5.18. The van der Waals surface area contributed by atoms with Gasteiger partial charge in [-0.1, -0.05) is 0 Å². The molecule has 0 amide bonds. The van der Waals surface area contributed by atoms with E-state index in [1.165, 1.54) is 11.8 Å². The van der Waals surface area contributed by atoms with Crippen LogP contribution in [0.4, 0.5) is 0 Å². The molecule has 0 saturated heterocycles. The van der Waals surface area contributed by atoms with Gasteiger partial charge < -0.3 is 4.42 Å². The molecule has 0 aromatic carbocycles. The Labute approximate surface area is 108 Å². The second-order valence-electron chi connectivity index (χ2n) is 3.10. The molecule has 1 rings (SSSR count). The van der Waals surface area contributed by atoms with E-state index in [0.29, 0.717) is 11.6 Å². The van der Waals surface area contributed by atoms with E-state index < -0.39 is 0 Å². The summed E-state index contributed by atoms with van der Waals surface area (Å²) in [5.41, 5.74) is 0. The fourth-order valence-corrected chi connectivity index (χ4v) is 2.28. The normalized spacial score (nSPS) is 11.7. The van der Waals surface area contributed by atoms with E-state index in [9.17, 15) is 10.1 Å². The smallest absolute Gasteiger partial charge is 0.250 e. The van der Waals surface area contributed by atoms with E-state index in [0.717, 1.165) is 17.3 Å². The van der Waals surface area contributed by atoms with Crippen LogP contribution in [0.3, 0.4) is 0 Å². The molecule has 1 aromatic heterocycles. The minimum absolute atomic E-state index is 0.177. The molecule has 0 bridgehead atoms. The number of aliphatic imine (C=N–C) groups is 1. The summed E-state index contributed by atoms with van der Waals surface area (Å²) in [7, 11) is 0. The van der Waals surface area contributed by atoms with Gasteiger partial charge in [0.1, 0.15) is 10.8 Å². The van der Waals surface area contributed by atoms with Gasteiger partial charge in [-0.25, -0.2) is 0 Å². The average molecular weight is 274 g/mol. The first-order chi connectivity index (χ1) is 8.22. The quantitative estimate of drug-likeness (QED) is 0.251. The van der Waals surface area contributed by atoms with Gasteiger partial charge in [-0.3, -0.25) is 15.1 Å². The van der Waals surface area contributed by atoms with Crippen LogP contribution in [0.5, 0.6) is 0 Å². The Morgan fingerprint density at radius 3 is 3.06 bits per heavy atom. The minimum atomic E-state index is -0.356. The summed E-state index contributed by atoms with van der Waals surface area (Å²) in [6.45, 7) is 0.430. The number of nitrogens with zero attached hydrogens (tertiary/aromatic N) is 2. The van der Waals surface area contributed by atoms with Crippen LogP contribution in [0.1, 0.15) is 5.76 Å². The van der Waals surface area contributed by atoms with Crippen molar-refractivity contribution in [2.75, 3.05) is 25.1 Å². The maximum atomic E-state index is 10.3. The maximum Gasteiger partial charge on any atom is 0.250 e. The third-order valence-corrected chi connectivity index (χ3v) is 3.54. The first-order valence-corrected chi connectivity index (χ1v) is 7.39. The Hall–Kier alpha value is -0.950. The highest BCUT2D eigenvalue weighted by atomic mass is 32.2. The van der Waals surface area contributed by atoms with Crippen molar-refractivity contribution in [3.63, 3.8) is 0 Å². The van der Waals surface area contributed by atoms with Gasteiger partial charge in [-0.05, 0) is 18.4 Å². The van der Waals surface area contributed by atoms with Crippen molar-refractivity contribution in [3.8, 4) is 0 Å². The first kappa shape index (κ1) is 14.1. The monoisotopic (exact) mass is 274 g/mol. The molecule has 0 unspecified atom stereocenters. The third-order valence-electron chi connectivity index (χ3n) is 1.85. The highest BCUT2D eigenvalue weighted by Crippen LogP contribution is 2.12.